The summed E-state index contributed by atoms with van der Waals surface area (Å²) in [5, 5.41) is 3.04. The van der Waals surface area contributed by atoms with Gasteiger partial charge in [0.1, 0.15) is 0 Å². The molecule has 22 heavy (non-hydrogen) atoms. The smallest absolute Gasteiger partial charge is 0.0271 e. The molecule has 0 nitrogen and oxygen atoms in total. The van der Waals surface area contributed by atoms with Crippen LogP contribution in [0.2, 0.25) is 0 Å². The van der Waals surface area contributed by atoms with E-state index in [9.17, 15) is 0 Å². The molecule has 2 aromatic rings. The van der Waals surface area contributed by atoms with Gasteiger partial charge >= 0.3 is 0 Å². The second-order valence-electron chi connectivity index (χ2n) is 5.71. The minimum absolute atomic E-state index is 1.00. The van der Waals surface area contributed by atoms with Crippen LogP contribution in [0.4, 0.5) is 0 Å². The topological polar surface area (TPSA) is 0 Å². The second kappa shape index (κ2) is 11.8. The zero-order chi connectivity index (χ0) is 15.3. The molecule has 2 aromatic carbocycles. The predicted octanol–water partition coefficient (Wildman–Crippen LogP) is 5.34. The standard InChI is InChI=1S/C20H28P2/c1(3-11-17-21-19-13-7-5-8-14-19)2-4-12-18-22-20-15-9-6-10-16-20/h5-10,13-16,21-22H,1-4,11-12,17-18H2. The molecule has 0 saturated heterocycles. The Balaban J connectivity index is 1.37. The van der Waals surface area contributed by atoms with Gasteiger partial charge in [0.2, 0.25) is 0 Å². The van der Waals surface area contributed by atoms with E-state index in [4.69, 9.17) is 0 Å². The Morgan fingerprint density at radius 1 is 0.455 bits per heavy atom. The second-order valence-corrected chi connectivity index (χ2v) is 8.57. The van der Waals surface area contributed by atoms with Gasteiger partial charge in [-0.25, -0.2) is 0 Å². The Hall–Kier alpha value is -0.700. The molecule has 0 bridgehead atoms. The molecule has 0 saturated carbocycles. The van der Waals surface area contributed by atoms with Gasteiger partial charge in [-0.1, -0.05) is 104 Å². The lowest BCUT2D eigenvalue weighted by Gasteiger charge is -2.04. The Bertz CT molecular complexity index is 434. The third-order valence-electron chi connectivity index (χ3n) is 3.81. The first-order chi connectivity index (χ1) is 10.9. The molecule has 0 aromatic heterocycles. The molecule has 2 atom stereocenters. The molecule has 0 N–H and O–H groups in total. The molecule has 2 unspecified atom stereocenters. The zero-order valence-electron chi connectivity index (χ0n) is 13.4. The first kappa shape index (κ1) is 17.7. The average molecular weight is 330 g/mol. The highest BCUT2D eigenvalue weighted by molar-refractivity contribution is 7.47. The van der Waals surface area contributed by atoms with Gasteiger partial charge in [-0.3, -0.25) is 0 Å². The summed E-state index contributed by atoms with van der Waals surface area (Å²) in [6, 6.07) is 21.8. The van der Waals surface area contributed by atoms with Gasteiger partial charge in [0.05, 0.1) is 0 Å². The van der Waals surface area contributed by atoms with Gasteiger partial charge in [0.15, 0.2) is 0 Å². The van der Waals surface area contributed by atoms with Gasteiger partial charge in [0, 0.05) is 0 Å². The van der Waals surface area contributed by atoms with E-state index in [2.05, 4.69) is 60.7 Å². The Morgan fingerprint density at radius 3 is 1.23 bits per heavy atom. The summed E-state index contributed by atoms with van der Waals surface area (Å²) in [5.74, 6) is 0. The summed E-state index contributed by atoms with van der Waals surface area (Å²) >= 11 is 0. The first-order valence-corrected chi connectivity index (χ1v) is 10.9. The molecule has 0 aliphatic heterocycles. The van der Waals surface area contributed by atoms with Crippen LogP contribution in [0.25, 0.3) is 0 Å². The number of hydrogen-bond acceptors (Lipinski definition) is 0. The predicted molar refractivity (Wildman–Crippen MR) is 106 cm³/mol. The molecule has 0 fully saturated rings. The molecule has 2 rings (SSSR count). The van der Waals surface area contributed by atoms with E-state index in [0.29, 0.717) is 0 Å². The van der Waals surface area contributed by atoms with Gasteiger partial charge in [0.25, 0.3) is 0 Å². The lowest BCUT2D eigenvalue weighted by Crippen LogP contribution is -1.94. The Labute approximate surface area is 139 Å². The summed E-state index contributed by atoms with van der Waals surface area (Å²) in [7, 11) is 2.00. The summed E-state index contributed by atoms with van der Waals surface area (Å²) in [4.78, 5) is 0. The van der Waals surface area contributed by atoms with Crippen molar-refractivity contribution in [1.82, 2.24) is 0 Å². The highest BCUT2D eigenvalue weighted by atomic mass is 31.1. The largest absolute Gasteiger partial charge is 0.0904 e. The van der Waals surface area contributed by atoms with E-state index in [1.807, 2.05) is 0 Å². The quantitative estimate of drug-likeness (QED) is 0.386. The molecule has 0 amide bonds. The third kappa shape index (κ3) is 8.07. The highest BCUT2D eigenvalue weighted by Gasteiger charge is 1.95. The van der Waals surface area contributed by atoms with Crippen molar-refractivity contribution in [2.45, 2.75) is 38.5 Å². The Kier molecular flexibility index (Phi) is 9.48. The van der Waals surface area contributed by atoms with Crippen molar-refractivity contribution < 1.29 is 0 Å². The van der Waals surface area contributed by atoms with Crippen molar-refractivity contribution in [3.63, 3.8) is 0 Å². The van der Waals surface area contributed by atoms with Crippen molar-refractivity contribution in [3.05, 3.63) is 60.7 Å². The third-order valence-corrected chi connectivity index (χ3v) is 6.50. The summed E-state index contributed by atoms with van der Waals surface area (Å²) in [6.07, 6.45) is 11.2. The van der Waals surface area contributed by atoms with Crippen molar-refractivity contribution in [3.8, 4) is 0 Å². The maximum atomic E-state index is 2.26. The van der Waals surface area contributed by atoms with Crippen LogP contribution in [0, 0.1) is 0 Å². The number of benzene rings is 2. The van der Waals surface area contributed by atoms with Crippen LogP contribution >= 0.6 is 17.2 Å². The van der Waals surface area contributed by atoms with Crippen molar-refractivity contribution in [2.75, 3.05) is 12.3 Å². The summed E-state index contributed by atoms with van der Waals surface area (Å²) in [5.41, 5.74) is 0. The van der Waals surface area contributed by atoms with E-state index < -0.39 is 0 Å². The van der Waals surface area contributed by atoms with Crippen LogP contribution in [0.5, 0.6) is 0 Å². The molecule has 118 valence electrons. The number of hydrogen-bond donors (Lipinski definition) is 0. The fourth-order valence-corrected chi connectivity index (χ4v) is 4.82. The van der Waals surface area contributed by atoms with Crippen LogP contribution < -0.4 is 10.6 Å². The van der Waals surface area contributed by atoms with E-state index >= 15 is 0 Å². The maximum absolute atomic E-state index is 2.26. The van der Waals surface area contributed by atoms with Gasteiger partial charge in [-0.05, 0) is 35.8 Å². The average Bonchev–Trinajstić information content (AvgIpc) is 2.58. The molecular formula is C20H28P2. The van der Waals surface area contributed by atoms with Crippen LogP contribution in [-0.2, 0) is 0 Å². The fraction of sp³-hybridized carbons (Fsp3) is 0.400. The van der Waals surface area contributed by atoms with Crippen LogP contribution in [0.1, 0.15) is 38.5 Å². The fourth-order valence-electron chi connectivity index (χ4n) is 2.53. The zero-order valence-corrected chi connectivity index (χ0v) is 15.4. The van der Waals surface area contributed by atoms with Crippen molar-refractivity contribution in [2.24, 2.45) is 0 Å². The lowest BCUT2D eigenvalue weighted by molar-refractivity contribution is 0.629. The molecule has 0 aliphatic carbocycles. The van der Waals surface area contributed by atoms with Crippen molar-refractivity contribution in [1.29, 1.82) is 0 Å². The molecule has 0 spiro atoms. The van der Waals surface area contributed by atoms with Gasteiger partial charge < -0.3 is 0 Å². The molecule has 0 heterocycles. The first-order valence-electron chi connectivity index (χ1n) is 8.53. The van der Waals surface area contributed by atoms with E-state index in [1.54, 1.807) is 0 Å². The Morgan fingerprint density at radius 2 is 0.818 bits per heavy atom. The van der Waals surface area contributed by atoms with Crippen molar-refractivity contribution >= 4 is 27.8 Å². The number of rotatable bonds is 11. The summed E-state index contributed by atoms with van der Waals surface area (Å²) in [6.45, 7) is 0. The molecule has 0 aliphatic rings. The van der Waals surface area contributed by atoms with Crippen LogP contribution in [0.15, 0.2) is 60.7 Å². The maximum Gasteiger partial charge on any atom is -0.0271 e. The molecule has 2 heteroatoms. The van der Waals surface area contributed by atoms with Gasteiger partial charge in [-0.2, -0.15) is 0 Å². The normalized spacial score (nSPS) is 11.8. The number of unbranched alkanes of at least 4 members (excludes halogenated alkanes) is 5. The molecule has 0 radical (unpaired) electrons. The molecular weight excluding hydrogens is 302 g/mol. The highest BCUT2D eigenvalue weighted by Crippen LogP contribution is 2.16. The van der Waals surface area contributed by atoms with E-state index in [-0.39, 0.29) is 0 Å². The van der Waals surface area contributed by atoms with E-state index in [0.717, 1.165) is 17.2 Å². The summed E-state index contributed by atoms with van der Waals surface area (Å²) < 4.78 is 0. The SMILES string of the molecule is c1ccc(PCCCCCCCCPc2ccccc2)cc1. The minimum atomic E-state index is 1.00. The minimum Gasteiger partial charge on any atom is -0.0904 e. The lowest BCUT2D eigenvalue weighted by atomic mass is 10.1. The van der Waals surface area contributed by atoms with Crippen LogP contribution in [-0.4, -0.2) is 12.3 Å². The van der Waals surface area contributed by atoms with Gasteiger partial charge in [-0.15, -0.1) is 0 Å². The van der Waals surface area contributed by atoms with Crippen LogP contribution in [0.3, 0.4) is 0 Å². The van der Waals surface area contributed by atoms with E-state index in [1.165, 1.54) is 61.5 Å². The monoisotopic (exact) mass is 330 g/mol.